The average Bonchev–Trinajstić information content (AvgIpc) is 3.13. The molecule has 0 atom stereocenters. The SMILES string of the molecule is Cc1c(C=Nn2cnnc2)c(O)n(Cc2ccccc2)c(=O)c1C#N. The first-order valence-electron chi connectivity index (χ1n) is 7.41. The second kappa shape index (κ2) is 6.80. The van der Waals surface area contributed by atoms with Crippen molar-refractivity contribution in [1.29, 1.82) is 5.26 Å². The molecule has 0 amide bonds. The predicted molar refractivity (Wildman–Crippen MR) is 90.4 cm³/mol. The molecule has 0 spiro atoms. The first-order valence-corrected chi connectivity index (χ1v) is 7.41. The first-order chi connectivity index (χ1) is 12.1. The average molecular weight is 334 g/mol. The van der Waals surface area contributed by atoms with Gasteiger partial charge in [-0.3, -0.25) is 9.36 Å². The highest BCUT2D eigenvalue weighted by Gasteiger charge is 2.18. The van der Waals surface area contributed by atoms with Gasteiger partial charge >= 0.3 is 0 Å². The van der Waals surface area contributed by atoms with Gasteiger partial charge in [-0.25, -0.2) is 4.68 Å². The zero-order valence-electron chi connectivity index (χ0n) is 13.4. The van der Waals surface area contributed by atoms with E-state index in [1.807, 2.05) is 36.4 Å². The van der Waals surface area contributed by atoms with Crippen LogP contribution >= 0.6 is 0 Å². The second-order valence-corrected chi connectivity index (χ2v) is 5.31. The quantitative estimate of drug-likeness (QED) is 0.722. The third-order valence-electron chi connectivity index (χ3n) is 3.76. The van der Waals surface area contributed by atoms with Gasteiger partial charge < -0.3 is 5.11 Å². The maximum Gasteiger partial charge on any atom is 0.271 e. The highest BCUT2D eigenvalue weighted by Crippen LogP contribution is 2.20. The monoisotopic (exact) mass is 334 g/mol. The Hall–Kier alpha value is -3.73. The van der Waals surface area contributed by atoms with Crippen molar-refractivity contribution in [3.05, 3.63) is 75.6 Å². The van der Waals surface area contributed by atoms with Gasteiger partial charge in [0.25, 0.3) is 5.56 Å². The molecular formula is C17H14N6O2. The summed E-state index contributed by atoms with van der Waals surface area (Å²) < 4.78 is 2.51. The summed E-state index contributed by atoms with van der Waals surface area (Å²) in [5, 5.41) is 31.3. The highest BCUT2D eigenvalue weighted by molar-refractivity contribution is 5.85. The molecule has 0 aliphatic heterocycles. The number of nitriles is 1. The molecule has 8 heteroatoms. The van der Waals surface area contributed by atoms with Crippen LogP contribution in [-0.2, 0) is 6.54 Å². The zero-order valence-corrected chi connectivity index (χ0v) is 13.4. The van der Waals surface area contributed by atoms with E-state index >= 15 is 0 Å². The third kappa shape index (κ3) is 3.16. The lowest BCUT2D eigenvalue weighted by atomic mass is 10.1. The molecule has 25 heavy (non-hydrogen) atoms. The van der Waals surface area contributed by atoms with Crippen molar-refractivity contribution < 1.29 is 5.11 Å². The van der Waals surface area contributed by atoms with Gasteiger partial charge in [0.05, 0.1) is 18.3 Å². The molecule has 0 radical (unpaired) electrons. The molecule has 3 aromatic rings. The largest absolute Gasteiger partial charge is 0.494 e. The van der Waals surface area contributed by atoms with Crippen molar-refractivity contribution >= 4 is 6.21 Å². The molecule has 0 aliphatic rings. The topological polar surface area (TPSA) is 109 Å². The second-order valence-electron chi connectivity index (χ2n) is 5.31. The molecule has 2 aromatic heterocycles. The van der Waals surface area contributed by atoms with E-state index in [1.54, 1.807) is 6.92 Å². The number of pyridine rings is 1. The van der Waals surface area contributed by atoms with Crippen LogP contribution < -0.4 is 5.56 Å². The molecule has 2 heterocycles. The molecule has 0 fully saturated rings. The molecule has 0 unspecified atom stereocenters. The summed E-state index contributed by atoms with van der Waals surface area (Å²) in [4.78, 5) is 12.5. The van der Waals surface area contributed by atoms with Gasteiger partial charge in [-0.05, 0) is 18.1 Å². The maximum absolute atomic E-state index is 12.5. The first kappa shape index (κ1) is 16.1. The fraction of sp³-hybridized carbons (Fsp3) is 0.118. The molecule has 0 saturated heterocycles. The molecule has 1 N–H and O–H groups in total. The predicted octanol–water partition coefficient (Wildman–Crippen LogP) is 1.26. The highest BCUT2D eigenvalue weighted by atomic mass is 16.3. The normalized spacial score (nSPS) is 10.9. The Balaban J connectivity index is 2.13. The minimum atomic E-state index is -0.539. The number of hydrogen-bond donors (Lipinski definition) is 1. The fourth-order valence-corrected chi connectivity index (χ4v) is 2.42. The minimum absolute atomic E-state index is 0.0288. The Bertz CT molecular complexity index is 1010. The zero-order chi connectivity index (χ0) is 17.8. The van der Waals surface area contributed by atoms with E-state index < -0.39 is 5.56 Å². The van der Waals surface area contributed by atoms with Crippen LogP contribution in [0.1, 0.15) is 22.3 Å². The maximum atomic E-state index is 12.5. The van der Waals surface area contributed by atoms with Crippen molar-refractivity contribution in [1.82, 2.24) is 19.4 Å². The molecular weight excluding hydrogens is 320 g/mol. The van der Waals surface area contributed by atoms with Crippen LogP contribution in [-0.4, -0.2) is 30.8 Å². The van der Waals surface area contributed by atoms with E-state index in [0.717, 1.165) is 10.1 Å². The number of aromatic nitrogens is 4. The summed E-state index contributed by atoms with van der Waals surface area (Å²) in [6.45, 7) is 1.74. The van der Waals surface area contributed by atoms with E-state index in [1.165, 1.54) is 23.5 Å². The molecule has 8 nitrogen and oxygen atoms in total. The van der Waals surface area contributed by atoms with Gasteiger partial charge in [0, 0.05) is 0 Å². The van der Waals surface area contributed by atoms with Crippen molar-refractivity contribution in [2.75, 3.05) is 0 Å². The van der Waals surface area contributed by atoms with E-state index in [-0.39, 0.29) is 18.0 Å². The van der Waals surface area contributed by atoms with Crippen LogP contribution in [0.15, 0.2) is 52.9 Å². The molecule has 0 aliphatic carbocycles. The number of nitrogens with zero attached hydrogens (tertiary/aromatic N) is 6. The van der Waals surface area contributed by atoms with Gasteiger partial charge in [-0.1, -0.05) is 30.3 Å². The van der Waals surface area contributed by atoms with Crippen LogP contribution in [0.3, 0.4) is 0 Å². The van der Waals surface area contributed by atoms with E-state index in [2.05, 4.69) is 15.3 Å². The van der Waals surface area contributed by atoms with Crippen LogP contribution in [0, 0.1) is 18.3 Å². The van der Waals surface area contributed by atoms with Crippen LogP contribution in [0.2, 0.25) is 0 Å². The Morgan fingerprint density at radius 2 is 1.96 bits per heavy atom. The number of rotatable bonds is 4. The van der Waals surface area contributed by atoms with Crippen molar-refractivity contribution in [2.45, 2.75) is 13.5 Å². The smallest absolute Gasteiger partial charge is 0.271 e. The standard InChI is InChI=1S/C17H14N6O2/c1-12-14(7-18)16(24)23(9-13-5-3-2-4-6-13)17(25)15(12)8-21-22-10-19-20-11-22/h2-6,8,10-11,25H,9H2,1H3. The lowest BCUT2D eigenvalue weighted by Crippen LogP contribution is -2.26. The lowest BCUT2D eigenvalue weighted by Gasteiger charge is -2.14. The van der Waals surface area contributed by atoms with Crippen LogP contribution in [0.5, 0.6) is 5.88 Å². The molecule has 3 rings (SSSR count). The summed E-state index contributed by atoms with van der Waals surface area (Å²) in [6.07, 6.45) is 4.14. The van der Waals surface area contributed by atoms with Gasteiger partial charge in [-0.15, -0.1) is 10.2 Å². The number of benzene rings is 1. The Morgan fingerprint density at radius 3 is 2.60 bits per heavy atom. The van der Waals surface area contributed by atoms with E-state index in [9.17, 15) is 15.2 Å². The minimum Gasteiger partial charge on any atom is -0.494 e. The molecule has 124 valence electrons. The molecule has 1 aromatic carbocycles. The third-order valence-corrected chi connectivity index (χ3v) is 3.76. The Morgan fingerprint density at radius 1 is 1.28 bits per heavy atom. The van der Waals surface area contributed by atoms with E-state index in [4.69, 9.17) is 0 Å². The summed E-state index contributed by atoms with van der Waals surface area (Å²) in [7, 11) is 0. The van der Waals surface area contributed by atoms with Crippen LogP contribution in [0.25, 0.3) is 0 Å². The Kier molecular flexibility index (Phi) is 4.39. The van der Waals surface area contributed by atoms with Gasteiger partial charge in [0.2, 0.25) is 5.88 Å². The van der Waals surface area contributed by atoms with Crippen molar-refractivity contribution in [3.63, 3.8) is 0 Å². The summed E-state index contributed by atoms with van der Waals surface area (Å²) in [5.74, 6) is -0.248. The van der Waals surface area contributed by atoms with Crippen molar-refractivity contribution in [3.8, 4) is 11.9 Å². The summed E-state index contributed by atoms with van der Waals surface area (Å²) in [6, 6.07) is 11.1. The van der Waals surface area contributed by atoms with E-state index in [0.29, 0.717) is 11.1 Å². The Labute approximate surface area is 142 Å². The fourth-order valence-electron chi connectivity index (χ4n) is 2.42. The number of aromatic hydroxyl groups is 1. The number of hydrogen-bond acceptors (Lipinski definition) is 6. The van der Waals surface area contributed by atoms with Gasteiger partial charge in [-0.2, -0.15) is 10.4 Å². The molecule has 0 bridgehead atoms. The van der Waals surface area contributed by atoms with Gasteiger partial charge in [0.1, 0.15) is 24.3 Å². The van der Waals surface area contributed by atoms with Gasteiger partial charge in [0.15, 0.2) is 0 Å². The van der Waals surface area contributed by atoms with Crippen molar-refractivity contribution in [2.24, 2.45) is 5.10 Å². The lowest BCUT2D eigenvalue weighted by molar-refractivity contribution is 0.413. The summed E-state index contributed by atoms with van der Waals surface area (Å²) >= 11 is 0. The molecule has 0 saturated carbocycles. The summed E-state index contributed by atoms with van der Waals surface area (Å²) in [5.41, 5.74) is 0.919. The van der Waals surface area contributed by atoms with Crippen LogP contribution in [0.4, 0.5) is 0 Å².